The summed E-state index contributed by atoms with van der Waals surface area (Å²) < 4.78 is 0. The minimum atomic E-state index is 0. The largest absolute Gasteiger partial charge is 0.338 e. The van der Waals surface area contributed by atoms with Gasteiger partial charge in [-0.15, -0.1) is 24.8 Å². The van der Waals surface area contributed by atoms with Crippen LogP contribution in [0, 0.1) is 11.8 Å². The van der Waals surface area contributed by atoms with Crippen LogP contribution in [0.5, 0.6) is 0 Å². The number of amides is 1. The van der Waals surface area contributed by atoms with Crippen LogP contribution in [-0.4, -0.2) is 55.0 Å². The van der Waals surface area contributed by atoms with Gasteiger partial charge in [-0.25, -0.2) is 0 Å². The van der Waals surface area contributed by atoms with Crippen molar-refractivity contribution in [1.29, 1.82) is 0 Å². The molecule has 0 bridgehead atoms. The lowest BCUT2D eigenvalue weighted by Crippen LogP contribution is -2.54. The van der Waals surface area contributed by atoms with E-state index in [9.17, 15) is 4.79 Å². The van der Waals surface area contributed by atoms with E-state index in [1.165, 1.54) is 6.42 Å². The third kappa shape index (κ3) is 4.48. The molecule has 0 aromatic carbocycles. The highest BCUT2D eigenvalue weighted by Gasteiger charge is 2.35. The molecule has 0 radical (unpaired) electrons. The standard InChI is InChI=1S/C14H27N3O.2ClH/c1-11-4-3-7-17(13(11)10-15)14(18)12-5-8-16(2)9-6-12;;/h11-13H,3-10,15H2,1-2H3;2*1H. The maximum atomic E-state index is 12.6. The molecule has 2 saturated heterocycles. The number of carbonyl (C=O) groups excluding carboxylic acids is 1. The molecule has 2 atom stereocenters. The number of rotatable bonds is 2. The molecule has 20 heavy (non-hydrogen) atoms. The summed E-state index contributed by atoms with van der Waals surface area (Å²) in [5, 5.41) is 0. The summed E-state index contributed by atoms with van der Waals surface area (Å²) in [6.07, 6.45) is 4.37. The van der Waals surface area contributed by atoms with E-state index in [1.54, 1.807) is 0 Å². The molecule has 2 aliphatic heterocycles. The Morgan fingerprint density at radius 1 is 1.15 bits per heavy atom. The predicted molar refractivity (Wildman–Crippen MR) is 87.7 cm³/mol. The van der Waals surface area contributed by atoms with Crippen LogP contribution in [-0.2, 0) is 4.79 Å². The van der Waals surface area contributed by atoms with Gasteiger partial charge in [0.25, 0.3) is 0 Å². The molecule has 4 nitrogen and oxygen atoms in total. The number of piperidine rings is 2. The molecule has 0 saturated carbocycles. The lowest BCUT2D eigenvalue weighted by molar-refractivity contribution is -0.142. The van der Waals surface area contributed by atoms with Gasteiger partial charge in [0, 0.05) is 25.0 Å². The van der Waals surface area contributed by atoms with Crippen LogP contribution in [0.4, 0.5) is 0 Å². The van der Waals surface area contributed by atoms with Gasteiger partial charge in [-0.3, -0.25) is 4.79 Å². The maximum Gasteiger partial charge on any atom is 0.226 e. The highest BCUT2D eigenvalue weighted by atomic mass is 35.5. The van der Waals surface area contributed by atoms with Crippen molar-refractivity contribution < 1.29 is 4.79 Å². The van der Waals surface area contributed by atoms with E-state index in [-0.39, 0.29) is 36.8 Å². The molecular weight excluding hydrogens is 297 g/mol. The van der Waals surface area contributed by atoms with Gasteiger partial charge in [-0.1, -0.05) is 6.92 Å². The van der Waals surface area contributed by atoms with Crippen molar-refractivity contribution in [1.82, 2.24) is 9.80 Å². The molecule has 2 N–H and O–H groups in total. The predicted octanol–water partition coefficient (Wildman–Crippen LogP) is 1.76. The Labute approximate surface area is 135 Å². The smallest absolute Gasteiger partial charge is 0.226 e. The van der Waals surface area contributed by atoms with Crippen LogP contribution in [0.2, 0.25) is 0 Å². The second-order valence-electron chi connectivity index (χ2n) is 6.03. The fourth-order valence-electron chi connectivity index (χ4n) is 3.37. The first-order chi connectivity index (χ1) is 8.63. The van der Waals surface area contributed by atoms with Crippen molar-refractivity contribution in [3.05, 3.63) is 0 Å². The molecular formula is C14H29Cl2N3O. The summed E-state index contributed by atoms with van der Waals surface area (Å²) in [7, 11) is 2.13. The minimum Gasteiger partial charge on any atom is -0.338 e. The van der Waals surface area contributed by atoms with Gasteiger partial charge >= 0.3 is 0 Å². The molecule has 2 heterocycles. The number of likely N-dealkylation sites (tertiary alicyclic amines) is 2. The molecule has 120 valence electrons. The molecule has 2 rings (SSSR count). The SMILES string of the molecule is CC1CCCN(C(=O)C2CCN(C)CC2)C1CN.Cl.Cl. The second kappa shape index (κ2) is 9.08. The van der Waals surface area contributed by atoms with Crippen LogP contribution in [0.15, 0.2) is 0 Å². The maximum absolute atomic E-state index is 12.6. The van der Waals surface area contributed by atoms with Gasteiger partial charge in [0.1, 0.15) is 0 Å². The summed E-state index contributed by atoms with van der Waals surface area (Å²) in [4.78, 5) is 17.0. The van der Waals surface area contributed by atoms with Crippen molar-refractivity contribution in [3.8, 4) is 0 Å². The Kier molecular flexibility index (Phi) is 9.07. The summed E-state index contributed by atoms with van der Waals surface area (Å²) in [5.41, 5.74) is 5.87. The van der Waals surface area contributed by atoms with Crippen LogP contribution in [0.3, 0.4) is 0 Å². The summed E-state index contributed by atoms with van der Waals surface area (Å²) in [6, 6.07) is 0.269. The van der Waals surface area contributed by atoms with Gasteiger partial charge in [0.2, 0.25) is 5.91 Å². The topological polar surface area (TPSA) is 49.6 Å². The Balaban J connectivity index is 0.00000180. The van der Waals surface area contributed by atoms with Crippen LogP contribution in [0.1, 0.15) is 32.6 Å². The number of nitrogens with two attached hydrogens (primary N) is 1. The summed E-state index contributed by atoms with van der Waals surface area (Å²) in [5.74, 6) is 1.16. The molecule has 0 aromatic rings. The lowest BCUT2D eigenvalue weighted by atomic mass is 9.88. The first-order valence-corrected chi connectivity index (χ1v) is 7.32. The molecule has 2 aliphatic rings. The van der Waals surface area contributed by atoms with E-state index < -0.39 is 0 Å². The van der Waals surface area contributed by atoms with Crippen LogP contribution < -0.4 is 5.73 Å². The first-order valence-electron chi connectivity index (χ1n) is 7.32. The fourth-order valence-corrected chi connectivity index (χ4v) is 3.37. The van der Waals surface area contributed by atoms with Gasteiger partial charge in [-0.2, -0.15) is 0 Å². The zero-order valence-electron chi connectivity index (χ0n) is 12.6. The van der Waals surface area contributed by atoms with Crippen molar-refractivity contribution in [2.45, 2.75) is 38.6 Å². The molecule has 0 aliphatic carbocycles. The fraction of sp³-hybridized carbons (Fsp3) is 0.929. The van der Waals surface area contributed by atoms with E-state index >= 15 is 0 Å². The number of hydrogen-bond donors (Lipinski definition) is 1. The third-order valence-corrected chi connectivity index (χ3v) is 4.71. The average Bonchev–Trinajstić information content (AvgIpc) is 2.38. The average molecular weight is 326 g/mol. The van der Waals surface area contributed by atoms with Gasteiger partial charge in [0.15, 0.2) is 0 Å². The van der Waals surface area contributed by atoms with Gasteiger partial charge < -0.3 is 15.5 Å². The lowest BCUT2D eigenvalue weighted by Gasteiger charge is -2.42. The third-order valence-electron chi connectivity index (χ3n) is 4.71. The molecule has 0 spiro atoms. The quantitative estimate of drug-likeness (QED) is 0.841. The molecule has 6 heteroatoms. The van der Waals surface area contributed by atoms with Gasteiger partial charge in [-0.05, 0) is 51.7 Å². The normalized spacial score (nSPS) is 28.4. The Morgan fingerprint density at radius 3 is 2.30 bits per heavy atom. The zero-order chi connectivity index (χ0) is 13.1. The number of hydrogen-bond acceptors (Lipinski definition) is 3. The van der Waals surface area contributed by atoms with Crippen LogP contribution in [0.25, 0.3) is 0 Å². The van der Waals surface area contributed by atoms with Gasteiger partial charge in [0.05, 0.1) is 0 Å². The number of nitrogens with zero attached hydrogens (tertiary/aromatic N) is 2. The van der Waals surface area contributed by atoms with Crippen molar-refractivity contribution in [2.75, 3.05) is 33.2 Å². The highest BCUT2D eigenvalue weighted by Crippen LogP contribution is 2.27. The van der Waals surface area contributed by atoms with E-state index in [1.807, 2.05) is 0 Å². The molecule has 2 fully saturated rings. The second-order valence-corrected chi connectivity index (χ2v) is 6.03. The van der Waals surface area contributed by atoms with Crippen molar-refractivity contribution in [3.63, 3.8) is 0 Å². The van der Waals surface area contributed by atoms with Crippen molar-refractivity contribution in [2.24, 2.45) is 17.6 Å². The zero-order valence-corrected chi connectivity index (χ0v) is 14.2. The highest BCUT2D eigenvalue weighted by molar-refractivity contribution is 5.85. The molecule has 1 amide bonds. The van der Waals surface area contributed by atoms with E-state index in [0.717, 1.165) is 38.9 Å². The monoisotopic (exact) mass is 325 g/mol. The van der Waals surface area contributed by atoms with Crippen molar-refractivity contribution >= 4 is 30.7 Å². The van der Waals surface area contributed by atoms with E-state index in [4.69, 9.17) is 5.73 Å². The number of carbonyl (C=O) groups is 1. The van der Waals surface area contributed by atoms with E-state index in [0.29, 0.717) is 18.4 Å². The Hall–Kier alpha value is -0.0300. The first kappa shape index (κ1) is 20.0. The molecule has 0 aromatic heterocycles. The summed E-state index contributed by atoms with van der Waals surface area (Å²) in [6.45, 7) is 5.85. The molecule has 2 unspecified atom stereocenters. The minimum absolute atomic E-state index is 0. The van der Waals surface area contributed by atoms with Crippen LogP contribution >= 0.6 is 24.8 Å². The number of halogens is 2. The Morgan fingerprint density at radius 2 is 1.75 bits per heavy atom. The van der Waals surface area contributed by atoms with E-state index in [2.05, 4.69) is 23.8 Å². The Bertz CT molecular complexity index is 296. The summed E-state index contributed by atoms with van der Waals surface area (Å²) >= 11 is 0.